The van der Waals surface area contributed by atoms with Gasteiger partial charge in [0, 0.05) is 5.56 Å². The van der Waals surface area contributed by atoms with E-state index in [4.69, 9.17) is 14.7 Å². The Labute approximate surface area is 96.6 Å². The molecule has 0 saturated heterocycles. The van der Waals surface area contributed by atoms with Gasteiger partial charge in [-0.25, -0.2) is 4.79 Å². The van der Waals surface area contributed by atoms with Crippen LogP contribution in [0.5, 0.6) is 0 Å². The molecule has 1 aromatic carbocycles. The van der Waals surface area contributed by atoms with Gasteiger partial charge in [0.2, 0.25) is 0 Å². The second-order valence-electron chi connectivity index (χ2n) is 3.33. The average Bonchev–Trinajstić information content (AvgIpc) is 2.78. The molecule has 0 unspecified atom stereocenters. The fraction of sp³-hybridized carbons (Fsp3) is 0. The van der Waals surface area contributed by atoms with Crippen LogP contribution in [0.2, 0.25) is 0 Å². The van der Waals surface area contributed by atoms with Gasteiger partial charge < -0.3 is 14.7 Å². The highest BCUT2D eigenvalue weighted by Gasteiger charge is 2.06. The lowest BCUT2D eigenvalue weighted by atomic mass is 10.1. The lowest BCUT2D eigenvalue weighted by molar-refractivity contribution is 0.0697. The number of aromatic carboxylic acids is 1. The first-order valence-electron chi connectivity index (χ1n) is 4.81. The normalized spacial score (nSPS) is 10.8. The number of benzene rings is 1. The van der Waals surface area contributed by atoms with Crippen molar-refractivity contribution >= 4 is 12.2 Å². The summed E-state index contributed by atoms with van der Waals surface area (Å²) < 4.78 is 5.35. The van der Waals surface area contributed by atoms with Crippen molar-refractivity contribution in [3.05, 3.63) is 47.7 Å². The molecular formula is C12H9NO4. The highest BCUT2D eigenvalue weighted by Crippen LogP contribution is 2.21. The second kappa shape index (κ2) is 4.52. The minimum Gasteiger partial charge on any atom is -0.478 e. The zero-order valence-electron chi connectivity index (χ0n) is 8.70. The highest BCUT2D eigenvalue weighted by atomic mass is 16.4. The van der Waals surface area contributed by atoms with E-state index < -0.39 is 5.97 Å². The highest BCUT2D eigenvalue weighted by molar-refractivity contribution is 5.88. The summed E-state index contributed by atoms with van der Waals surface area (Å²) in [5.74, 6) is 0.0331. The molecule has 0 spiro atoms. The van der Waals surface area contributed by atoms with E-state index >= 15 is 0 Å². The van der Waals surface area contributed by atoms with Gasteiger partial charge >= 0.3 is 5.97 Å². The summed E-state index contributed by atoms with van der Waals surface area (Å²) in [6.45, 7) is 0. The monoisotopic (exact) mass is 231 g/mol. The Morgan fingerprint density at radius 3 is 2.47 bits per heavy atom. The number of hydrogen-bond donors (Lipinski definition) is 2. The SMILES string of the molecule is O=C(O)c1ccc(-c2ccc(C=NO)o2)cc1. The predicted octanol–water partition coefficient (Wildman–Crippen LogP) is 2.45. The molecule has 1 aromatic heterocycles. The molecule has 2 N–H and O–H groups in total. The maximum absolute atomic E-state index is 10.7. The number of oxime groups is 1. The summed E-state index contributed by atoms with van der Waals surface area (Å²) in [6, 6.07) is 9.68. The first-order chi connectivity index (χ1) is 8.20. The molecule has 5 heteroatoms. The molecule has 0 aliphatic carbocycles. The average molecular weight is 231 g/mol. The molecule has 2 aromatic rings. The van der Waals surface area contributed by atoms with Gasteiger partial charge in [0.1, 0.15) is 17.7 Å². The topological polar surface area (TPSA) is 83.0 Å². The minimum atomic E-state index is -0.968. The van der Waals surface area contributed by atoms with Gasteiger partial charge in [-0.15, -0.1) is 0 Å². The maximum atomic E-state index is 10.7. The molecule has 17 heavy (non-hydrogen) atoms. The van der Waals surface area contributed by atoms with Crippen LogP contribution in [0.3, 0.4) is 0 Å². The van der Waals surface area contributed by atoms with Gasteiger partial charge in [-0.2, -0.15) is 0 Å². The van der Waals surface area contributed by atoms with E-state index in [0.717, 1.165) is 5.56 Å². The van der Waals surface area contributed by atoms with Crippen molar-refractivity contribution in [2.75, 3.05) is 0 Å². The largest absolute Gasteiger partial charge is 0.478 e. The summed E-state index contributed by atoms with van der Waals surface area (Å²) in [5, 5.41) is 19.9. The van der Waals surface area contributed by atoms with E-state index in [1.54, 1.807) is 24.3 Å². The van der Waals surface area contributed by atoms with Crippen molar-refractivity contribution in [2.24, 2.45) is 5.16 Å². The van der Waals surface area contributed by atoms with E-state index in [1.807, 2.05) is 0 Å². The second-order valence-corrected chi connectivity index (χ2v) is 3.33. The first kappa shape index (κ1) is 10.9. The van der Waals surface area contributed by atoms with Crippen molar-refractivity contribution in [1.29, 1.82) is 0 Å². The molecule has 2 rings (SSSR count). The van der Waals surface area contributed by atoms with E-state index in [9.17, 15) is 4.79 Å². The number of hydrogen-bond acceptors (Lipinski definition) is 4. The summed E-state index contributed by atoms with van der Waals surface area (Å²) >= 11 is 0. The van der Waals surface area contributed by atoms with Crippen LogP contribution in [0.15, 0.2) is 46.0 Å². The fourth-order valence-corrected chi connectivity index (χ4v) is 1.41. The molecule has 86 valence electrons. The molecule has 0 amide bonds. The lowest BCUT2D eigenvalue weighted by Crippen LogP contribution is -1.94. The van der Waals surface area contributed by atoms with Gasteiger partial charge in [-0.3, -0.25) is 0 Å². The summed E-state index contributed by atoms with van der Waals surface area (Å²) in [6.07, 6.45) is 1.18. The van der Waals surface area contributed by atoms with E-state index in [-0.39, 0.29) is 5.56 Å². The number of carboxylic acids is 1. The smallest absolute Gasteiger partial charge is 0.335 e. The van der Waals surface area contributed by atoms with Gasteiger partial charge in [0.15, 0.2) is 0 Å². The fourth-order valence-electron chi connectivity index (χ4n) is 1.41. The third kappa shape index (κ3) is 2.34. The number of nitrogens with zero attached hydrogens (tertiary/aromatic N) is 1. The molecule has 0 aliphatic heterocycles. The predicted molar refractivity (Wildman–Crippen MR) is 60.5 cm³/mol. The number of carboxylic acid groups (broad SMARTS) is 1. The van der Waals surface area contributed by atoms with Crippen molar-refractivity contribution in [1.82, 2.24) is 0 Å². The van der Waals surface area contributed by atoms with E-state index in [2.05, 4.69) is 5.16 Å². The van der Waals surface area contributed by atoms with Gasteiger partial charge in [0.25, 0.3) is 0 Å². The molecule has 0 fully saturated rings. The van der Waals surface area contributed by atoms with Crippen molar-refractivity contribution in [2.45, 2.75) is 0 Å². The van der Waals surface area contributed by atoms with Crippen molar-refractivity contribution in [3.8, 4) is 11.3 Å². The number of carbonyl (C=O) groups is 1. The van der Waals surface area contributed by atoms with E-state index in [1.165, 1.54) is 18.3 Å². The van der Waals surface area contributed by atoms with Crippen LogP contribution in [-0.2, 0) is 0 Å². The van der Waals surface area contributed by atoms with Gasteiger partial charge in [-0.1, -0.05) is 17.3 Å². The van der Waals surface area contributed by atoms with Crippen LogP contribution in [-0.4, -0.2) is 22.5 Å². The summed E-state index contributed by atoms with van der Waals surface area (Å²) in [7, 11) is 0. The van der Waals surface area contributed by atoms with Gasteiger partial charge in [0.05, 0.1) is 5.56 Å². The van der Waals surface area contributed by atoms with Crippen LogP contribution in [0.4, 0.5) is 0 Å². The third-order valence-corrected chi connectivity index (χ3v) is 2.23. The molecule has 5 nitrogen and oxygen atoms in total. The molecule has 0 saturated carbocycles. The first-order valence-corrected chi connectivity index (χ1v) is 4.81. The Hall–Kier alpha value is -2.56. The lowest BCUT2D eigenvalue weighted by Gasteiger charge is -1.97. The Morgan fingerprint density at radius 2 is 1.88 bits per heavy atom. The molecule has 0 aliphatic rings. The van der Waals surface area contributed by atoms with Crippen LogP contribution in [0.25, 0.3) is 11.3 Å². The van der Waals surface area contributed by atoms with Gasteiger partial charge in [-0.05, 0) is 24.3 Å². The third-order valence-electron chi connectivity index (χ3n) is 2.23. The Kier molecular flexibility index (Phi) is 2.91. The van der Waals surface area contributed by atoms with Crippen LogP contribution in [0, 0.1) is 0 Å². The van der Waals surface area contributed by atoms with Crippen LogP contribution < -0.4 is 0 Å². The van der Waals surface area contributed by atoms with E-state index in [0.29, 0.717) is 11.5 Å². The number of furan rings is 1. The van der Waals surface area contributed by atoms with Crippen LogP contribution >= 0.6 is 0 Å². The maximum Gasteiger partial charge on any atom is 0.335 e. The van der Waals surface area contributed by atoms with Crippen LogP contribution in [0.1, 0.15) is 16.1 Å². The number of rotatable bonds is 3. The molecule has 0 radical (unpaired) electrons. The standard InChI is InChI=1S/C12H9NO4/c14-12(15)9-3-1-8(2-4-9)11-6-5-10(17-11)7-13-16/h1-7,16H,(H,14,15). The quantitative estimate of drug-likeness (QED) is 0.482. The van der Waals surface area contributed by atoms with Crippen molar-refractivity contribution in [3.63, 3.8) is 0 Å². The van der Waals surface area contributed by atoms with Crippen molar-refractivity contribution < 1.29 is 19.5 Å². The zero-order valence-corrected chi connectivity index (χ0v) is 8.70. The molecule has 0 atom stereocenters. The summed E-state index contributed by atoms with van der Waals surface area (Å²) in [5.41, 5.74) is 0.977. The Morgan fingerprint density at radius 1 is 1.18 bits per heavy atom. The molecular weight excluding hydrogens is 222 g/mol. The Bertz CT molecular complexity index is 554. The Balaban J connectivity index is 2.29. The zero-order chi connectivity index (χ0) is 12.3. The summed E-state index contributed by atoms with van der Waals surface area (Å²) in [4.78, 5) is 10.7. The molecule has 0 bridgehead atoms. The minimum absolute atomic E-state index is 0.220. The molecule has 1 heterocycles.